The molecule has 0 saturated carbocycles. The summed E-state index contributed by atoms with van der Waals surface area (Å²) in [4.78, 5) is 19.4. The Hall–Kier alpha value is -2.66. The summed E-state index contributed by atoms with van der Waals surface area (Å²) in [7, 11) is 1.64. The number of aromatic nitrogens is 1. The predicted octanol–water partition coefficient (Wildman–Crippen LogP) is 4.41. The molecular weight excluding hydrogens is 332 g/mol. The minimum absolute atomic E-state index is 0.0375. The van der Waals surface area contributed by atoms with Crippen molar-refractivity contribution in [1.29, 1.82) is 0 Å². The Morgan fingerprint density at radius 1 is 1.16 bits per heavy atom. The van der Waals surface area contributed by atoms with Crippen molar-refractivity contribution in [2.75, 3.05) is 18.6 Å². The molecule has 0 fully saturated rings. The molecule has 4 rings (SSSR count). The third-order valence-corrected chi connectivity index (χ3v) is 5.29. The van der Waals surface area contributed by atoms with Crippen molar-refractivity contribution in [2.45, 2.75) is 12.8 Å². The number of benzene rings is 2. The van der Waals surface area contributed by atoms with Crippen molar-refractivity contribution in [2.24, 2.45) is 0 Å². The van der Waals surface area contributed by atoms with Crippen LogP contribution in [0.25, 0.3) is 10.6 Å². The van der Waals surface area contributed by atoms with Crippen LogP contribution in [0.1, 0.15) is 22.5 Å². The van der Waals surface area contributed by atoms with E-state index in [2.05, 4.69) is 11.1 Å². The SMILES string of the molecule is COc1ccccc1-c1nc(C(=O)N2CCCc3ccccc32)cs1. The van der Waals surface area contributed by atoms with E-state index < -0.39 is 0 Å². The van der Waals surface area contributed by atoms with Crippen LogP contribution in [0.15, 0.2) is 53.9 Å². The van der Waals surface area contributed by atoms with Gasteiger partial charge in [-0.2, -0.15) is 0 Å². The van der Waals surface area contributed by atoms with Crippen molar-refractivity contribution < 1.29 is 9.53 Å². The minimum Gasteiger partial charge on any atom is -0.496 e. The van der Waals surface area contributed by atoms with Gasteiger partial charge < -0.3 is 9.64 Å². The number of methoxy groups -OCH3 is 1. The van der Waals surface area contributed by atoms with Gasteiger partial charge in [-0.05, 0) is 36.6 Å². The van der Waals surface area contributed by atoms with E-state index in [0.29, 0.717) is 5.69 Å². The summed E-state index contributed by atoms with van der Waals surface area (Å²) in [5.74, 6) is 0.726. The average molecular weight is 350 g/mol. The summed E-state index contributed by atoms with van der Waals surface area (Å²) >= 11 is 1.47. The van der Waals surface area contributed by atoms with Gasteiger partial charge in [0.15, 0.2) is 0 Å². The molecule has 0 saturated heterocycles. The van der Waals surface area contributed by atoms with Crippen LogP contribution >= 0.6 is 11.3 Å². The maximum atomic E-state index is 13.0. The number of hydrogen-bond donors (Lipinski definition) is 0. The van der Waals surface area contributed by atoms with E-state index in [1.807, 2.05) is 52.7 Å². The molecule has 4 nitrogen and oxygen atoms in total. The highest BCUT2D eigenvalue weighted by Crippen LogP contribution is 2.33. The van der Waals surface area contributed by atoms with Crippen LogP contribution in [0.5, 0.6) is 5.75 Å². The van der Waals surface area contributed by atoms with Gasteiger partial charge in [0.25, 0.3) is 5.91 Å². The number of rotatable bonds is 3. The standard InChI is InChI=1S/C20H18N2O2S/c1-24-18-11-5-3-9-15(18)19-21-16(13-25-19)20(23)22-12-6-8-14-7-2-4-10-17(14)22/h2-5,7,9-11,13H,6,8,12H2,1H3. The quantitative estimate of drug-likeness (QED) is 0.702. The maximum Gasteiger partial charge on any atom is 0.277 e. The molecule has 0 spiro atoms. The Balaban J connectivity index is 1.66. The molecule has 126 valence electrons. The molecule has 5 heteroatoms. The highest BCUT2D eigenvalue weighted by molar-refractivity contribution is 7.13. The van der Waals surface area contributed by atoms with Crippen LogP contribution in [0.4, 0.5) is 5.69 Å². The van der Waals surface area contributed by atoms with Gasteiger partial charge >= 0.3 is 0 Å². The van der Waals surface area contributed by atoms with Gasteiger partial charge in [-0.15, -0.1) is 11.3 Å². The normalized spacial score (nSPS) is 13.4. The molecule has 1 amide bonds. The summed E-state index contributed by atoms with van der Waals surface area (Å²) in [5, 5.41) is 2.63. The summed E-state index contributed by atoms with van der Waals surface area (Å²) in [6.45, 7) is 0.733. The highest BCUT2D eigenvalue weighted by Gasteiger charge is 2.25. The number of hydrogen-bond acceptors (Lipinski definition) is 4. The fourth-order valence-corrected chi connectivity index (χ4v) is 4.02. The molecule has 3 aromatic rings. The van der Waals surface area contributed by atoms with Crippen molar-refractivity contribution >= 4 is 22.9 Å². The molecular formula is C20H18N2O2S. The fraction of sp³-hybridized carbons (Fsp3) is 0.200. The van der Waals surface area contributed by atoms with Crippen LogP contribution in [0.3, 0.4) is 0 Å². The molecule has 1 aliphatic heterocycles. The van der Waals surface area contributed by atoms with Crippen LogP contribution < -0.4 is 9.64 Å². The van der Waals surface area contributed by atoms with E-state index in [4.69, 9.17) is 4.74 Å². The van der Waals surface area contributed by atoms with Gasteiger partial charge in [0.1, 0.15) is 16.5 Å². The van der Waals surface area contributed by atoms with E-state index in [9.17, 15) is 4.79 Å². The Morgan fingerprint density at radius 3 is 2.84 bits per heavy atom. The number of nitrogens with zero attached hydrogens (tertiary/aromatic N) is 2. The van der Waals surface area contributed by atoms with Gasteiger partial charge in [0.05, 0.1) is 12.7 Å². The van der Waals surface area contributed by atoms with E-state index in [1.165, 1.54) is 16.9 Å². The largest absolute Gasteiger partial charge is 0.496 e. The zero-order valence-electron chi connectivity index (χ0n) is 13.9. The first-order valence-electron chi connectivity index (χ1n) is 8.26. The maximum absolute atomic E-state index is 13.0. The number of carbonyl (C=O) groups is 1. The van der Waals surface area contributed by atoms with Crippen LogP contribution in [-0.2, 0) is 6.42 Å². The highest BCUT2D eigenvalue weighted by atomic mass is 32.1. The summed E-state index contributed by atoms with van der Waals surface area (Å²) in [6.07, 6.45) is 2.00. The van der Waals surface area contributed by atoms with E-state index >= 15 is 0 Å². The molecule has 2 heterocycles. The number of thiazole rings is 1. The number of para-hydroxylation sites is 2. The van der Waals surface area contributed by atoms with Crippen molar-refractivity contribution in [3.8, 4) is 16.3 Å². The van der Waals surface area contributed by atoms with Crippen LogP contribution in [-0.4, -0.2) is 24.5 Å². The molecule has 0 aliphatic carbocycles. The molecule has 0 bridgehead atoms. The Kier molecular flexibility index (Phi) is 4.24. The topological polar surface area (TPSA) is 42.4 Å². The monoisotopic (exact) mass is 350 g/mol. The Morgan fingerprint density at radius 2 is 1.96 bits per heavy atom. The summed E-state index contributed by atoms with van der Waals surface area (Å²) in [6, 6.07) is 15.8. The molecule has 0 atom stereocenters. The number of ether oxygens (including phenoxy) is 1. The van der Waals surface area contributed by atoms with Gasteiger partial charge in [-0.3, -0.25) is 4.79 Å². The number of anilines is 1. The number of fused-ring (bicyclic) bond motifs is 1. The fourth-order valence-electron chi connectivity index (χ4n) is 3.20. The lowest BCUT2D eigenvalue weighted by Gasteiger charge is -2.28. The number of carbonyl (C=O) groups excluding carboxylic acids is 1. The van der Waals surface area contributed by atoms with Gasteiger partial charge in [-0.25, -0.2) is 4.98 Å². The molecule has 0 radical (unpaired) electrons. The van der Waals surface area contributed by atoms with E-state index in [-0.39, 0.29) is 5.91 Å². The molecule has 0 N–H and O–H groups in total. The van der Waals surface area contributed by atoms with Crippen molar-refractivity contribution in [3.05, 3.63) is 65.2 Å². The zero-order chi connectivity index (χ0) is 17.2. The molecule has 25 heavy (non-hydrogen) atoms. The van der Waals surface area contributed by atoms with E-state index in [1.54, 1.807) is 7.11 Å². The lowest BCUT2D eigenvalue weighted by molar-refractivity contribution is 0.0981. The first-order chi connectivity index (χ1) is 12.3. The summed E-state index contributed by atoms with van der Waals surface area (Å²) in [5.41, 5.74) is 3.63. The lowest BCUT2D eigenvalue weighted by atomic mass is 10.0. The first kappa shape index (κ1) is 15.8. The smallest absolute Gasteiger partial charge is 0.277 e. The number of aryl methyl sites for hydroxylation is 1. The third kappa shape index (κ3) is 2.91. The van der Waals surface area contributed by atoms with Crippen LogP contribution in [0.2, 0.25) is 0 Å². The predicted molar refractivity (Wildman–Crippen MR) is 101 cm³/mol. The molecule has 0 unspecified atom stereocenters. The zero-order valence-corrected chi connectivity index (χ0v) is 14.8. The van der Waals surface area contributed by atoms with Crippen molar-refractivity contribution in [3.63, 3.8) is 0 Å². The van der Waals surface area contributed by atoms with Gasteiger partial charge in [0.2, 0.25) is 0 Å². The molecule has 1 aromatic heterocycles. The molecule has 1 aliphatic rings. The summed E-state index contributed by atoms with van der Waals surface area (Å²) < 4.78 is 5.40. The first-order valence-corrected chi connectivity index (χ1v) is 9.14. The second-order valence-corrected chi connectivity index (χ2v) is 6.79. The van der Waals surface area contributed by atoms with E-state index in [0.717, 1.165) is 41.4 Å². The van der Waals surface area contributed by atoms with Crippen molar-refractivity contribution in [1.82, 2.24) is 4.98 Å². The Bertz CT molecular complexity index is 919. The molecule has 2 aromatic carbocycles. The lowest BCUT2D eigenvalue weighted by Crippen LogP contribution is -2.35. The van der Waals surface area contributed by atoms with Gasteiger partial charge in [-0.1, -0.05) is 30.3 Å². The average Bonchev–Trinajstić information content (AvgIpc) is 3.17. The second kappa shape index (κ2) is 6.69. The Labute approximate surface area is 150 Å². The van der Waals surface area contributed by atoms with Gasteiger partial charge in [0, 0.05) is 17.6 Å². The minimum atomic E-state index is -0.0375. The second-order valence-electron chi connectivity index (χ2n) is 5.93. The number of amides is 1. The van der Waals surface area contributed by atoms with Crippen LogP contribution in [0, 0.1) is 0 Å². The third-order valence-electron chi connectivity index (χ3n) is 4.42.